The van der Waals surface area contributed by atoms with Crippen molar-refractivity contribution in [3.05, 3.63) is 23.8 Å². The summed E-state index contributed by atoms with van der Waals surface area (Å²) in [6.45, 7) is 15.4. The van der Waals surface area contributed by atoms with E-state index in [1.54, 1.807) is 6.92 Å². The number of ether oxygens (including phenoxy) is 7. The Labute approximate surface area is 433 Å². The Morgan fingerprint density at radius 1 is 0.703 bits per heavy atom. The monoisotopic (exact) mass is 1050 g/mol. The first-order valence-corrected chi connectivity index (χ1v) is 27.2. The number of fused-ring (bicyclic) bond motifs is 2. The molecular formula is C54H85NO19. The Hall–Kier alpha value is -2.22. The summed E-state index contributed by atoms with van der Waals surface area (Å²) in [5, 5.41) is 109. The summed E-state index contributed by atoms with van der Waals surface area (Å²) in [4.78, 5) is 25.4. The standard InChI is InChI=1S/C54H85NO19/c1-24(10-9-11-25(2)45(66)55-35-26(3)27(4)69-46(35)67)28-14-16-52(8)33-13-12-32-50(5,6)34(15-17-53(32)23-54(33,53)19-18-51(28,52)7)73-49-44(41(63)37(59)30(21-57)71-49)74-48-43(65)40(62)38(60)31(72-48)22-68-47-42(64)39(61)36(58)29(20-56)70-47/h9-11,24,26-44,47-49,56-65H,12-23H2,1-8H3,(H,55,66)/b10-9+,25-11+/t24-,26+,27-,28-,29-,30-,31-,32+,33+,34+,35+,36-,37-,38-,39+,40+,41+,42-,43-,44-,47-,48+,49+,51-,52+,53-,54+/m1/s1. The number of aliphatic hydroxyl groups excluding tert-OH is 10. The van der Waals surface area contributed by atoms with Crippen molar-refractivity contribution in [1.29, 1.82) is 0 Å². The molecule has 1 amide bonds. The lowest BCUT2D eigenvalue weighted by Crippen LogP contribution is -2.66. The van der Waals surface area contributed by atoms with Gasteiger partial charge >= 0.3 is 5.97 Å². The summed E-state index contributed by atoms with van der Waals surface area (Å²) in [5.74, 6) is 0.835. The Morgan fingerprint density at radius 3 is 1.95 bits per heavy atom. The number of amides is 1. The molecule has 0 aromatic rings. The van der Waals surface area contributed by atoms with E-state index in [1.807, 2.05) is 26.0 Å². The molecule has 0 radical (unpaired) electrons. The van der Waals surface area contributed by atoms with Crippen LogP contribution in [0.25, 0.3) is 0 Å². The van der Waals surface area contributed by atoms with Crippen LogP contribution in [0, 0.1) is 56.7 Å². The van der Waals surface area contributed by atoms with Gasteiger partial charge in [0.15, 0.2) is 18.9 Å². The zero-order valence-corrected chi connectivity index (χ0v) is 44.1. The summed E-state index contributed by atoms with van der Waals surface area (Å²) in [6, 6.07) is -0.653. The lowest BCUT2D eigenvalue weighted by atomic mass is 9.42. The average molecular weight is 1050 g/mol. The third-order valence-electron chi connectivity index (χ3n) is 21.3. The van der Waals surface area contributed by atoms with Crippen molar-refractivity contribution in [2.24, 2.45) is 56.7 Å². The summed E-state index contributed by atoms with van der Waals surface area (Å²) >= 11 is 0. The molecule has 0 unspecified atom stereocenters. The van der Waals surface area contributed by atoms with E-state index in [0.29, 0.717) is 29.7 Å². The number of esters is 1. The van der Waals surface area contributed by atoms with Crippen LogP contribution in [0.15, 0.2) is 23.8 Å². The van der Waals surface area contributed by atoms with Crippen molar-refractivity contribution in [1.82, 2.24) is 5.32 Å². The Kier molecular flexibility index (Phi) is 15.9. The molecule has 0 aromatic heterocycles. The highest BCUT2D eigenvalue weighted by Crippen LogP contribution is 2.89. The van der Waals surface area contributed by atoms with Crippen molar-refractivity contribution in [2.75, 3.05) is 19.8 Å². The summed E-state index contributed by atoms with van der Waals surface area (Å²) < 4.78 is 41.4. The molecule has 4 heterocycles. The Balaban J connectivity index is 0.858. The molecule has 2 spiro atoms. The van der Waals surface area contributed by atoms with Gasteiger partial charge in [-0.15, -0.1) is 0 Å². The number of hydrogen-bond acceptors (Lipinski definition) is 19. The highest BCUT2D eigenvalue weighted by Gasteiger charge is 2.82. The fourth-order valence-electron chi connectivity index (χ4n) is 16.5. The van der Waals surface area contributed by atoms with E-state index in [2.05, 4.69) is 46.0 Å². The summed E-state index contributed by atoms with van der Waals surface area (Å²) in [7, 11) is 0. The van der Waals surface area contributed by atoms with Crippen molar-refractivity contribution in [2.45, 2.75) is 224 Å². The third-order valence-corrected chi connectivity index (χ3v) is 21.3. The van der Waals surface area contributed by atoms with E-state index in [9.17, 15) is 60.7 Å². The van der Waals surface area contributed by atoms with Crippen LogP contribution in [0.2, 0.25) is 0 Å². The Bertz CT molecular complexity index is 2110. The molecule has 5 saturated carbocycles. The quantitative estimate of drug-likeness (QED) is 0.0488. The predicted molar refractivity (Wildman–Crippen MR) is 260 cm³/mol. The number of carbonyl (C=O) groups is 2. The van der Waals surface area contributed by atoms with Crippen LogP contribution < -0.4 is 5.32 Å². The second kappa shape index (κ2) is 20.8. The van der Waals surface area contributed by atoms with E-state index in [0.717, 1.165) is 51.4 Å². The number of allylic oxidation sites excluding steroid dienone is 3. The molecule has 4 aliphatic heterocycles. The van der Waals surface area contributed by atoms with Gasteiger partial charge in [-0.2, -0.15) is 0 Å². The van der Waals surface area contributed by atoms with E-state index in [-0.39, 0.29) is 45.5 Å². The molecule has 0 bridgehead atoms. The molecule has 27 atom stereocenters. The van der Waals surface area contributed by atoms with Gasteiger partial charge in [0.1, 0.15) is 85.4 Å². The third kappa shape index (κ3) is 9.07. The Morgan fingerprint density at radius 2 is 1.30 bits per heavy atom. The van der Waals surface area contributed by atoms with Crippen LogP contribution in [-0.4, -0.2) is 193 Å². The molecule has 9 aliphatic rings. The van der Waals surface area contributed by atoms with Gasteiger partial charge < -0.3 is 89.5 Å². The maximum absolute atomic E-state index is 13.1. The molecular weight excluding hydrogens is 967 g/mol. The van der Waals surface area contributed by atoms with Crippen LogP contribution in [0.5, 0.6) is 0 Å². The van der Waals surface area contributed by atoms with Crippen LogP contribution in [0.3, 0.4) is 0 Å². The lowest BCUT2D eigenvalue weighted by Gasteiger charge is -2.63. The molecule has 11 N–H and O–H groups in total. The smallest absolute Gasteiger partial charge is 0.329 e. The normalized spacial score (nSPS) is 52.4. The minimum Gasteiger partial charge on any atom is -0.461 e. The molecule has 420 valence electrons. The molecule has 20 nitrogen and oxygen atoms in total. The highest BCUT2D eigenvalue weighted by molar-refractivity contribution is 5.96. The van der Waals surface area contributed by atoms with Gasteiger partial charge in [0, 0.05) is 11.5 Å². The maximum atomic E-state index is 13.1. The number of carbonyl (C=O) groups excluding carboxylic acids is 2. The van der Waals surface area contributed by atoms with Gasteiger partial charge in [-0.3, -0.25) is 4.79 Å². The number of aliphatic hydroxyl groups is 10. The first-order chi connectivity index (χ1) is 34.8. The van der Waals surface area contributed by atoms with Crippen molar-refractivity contribution in [3.63, 3.8) is 0 Å². The minimum atomic E-state index is -1.89. The first kappa shape index (κ1) is 56.5. The van der Waals surface area contributed by atoms with Gasteiger partial charge in [0.25, 0.3) is 0 Å². The van der Waals surface area contributed by atoms with Crippen LogP contribution >= 0.6 is 0 Å². The van der Waals surface area contributed by atoms with Crippen molar-refractivity contribution < 1.29 is 93.8 Å². The molecule has 20 heteroatoms. The van der Waals surface area contributed by atoms with E-state index in [1.165, 1.54) is 0 Å². The SMILES string of the molecule is C/C(=C\C=C\[C@@H](C)[C@H]1CC[C@@]2(C)[C@@H]3CC[C@H]4C(C)(C)[C@@H](O[C@@H]5O[C@H](CO)[C@@H](O)[C@H](O)[C@H]5O[C@@H]5O[C@H](CO[C@@H]6O[C@H](CO)[C@@H](O)[C@H](O)[C@H]6O)[C@@H](O)[C@H](O)[C@H]5O)CC[C@@]45C[C@@]35CC[C@]12C)C(=O)N[C@@H]1C(=O)O[C@H](C)[C@@H]1C. The zero-order valence-electron chi connectivity index (χ0n) is 44.1. The highest BCUT2D eigenvalue weighted by atomic mass is 16.8. The van der Waals surface area contributed by atoms with Gasteiger partial charge in [0.2, 0.25) is 5.91 Å². The van der Waals surface area contributed by atoms with Crippen molar-refractivity contribution in [3.8, 4) is 0 Å². The maximum Gasteiger partial charge on any atom is 0.329 e. The molecule has 9 fully saturated rings. The number of hydrogen-bond donors (Lipinski definition) is 11. The van der Waals surface area contributed by atoms with Gasteiger partial charge in [-0.1, -0.05) is 59.8 Å². The number of nitrogens with one attached hydrogen (secondary N) is 1. The minimum absolute atomic E-state index is 0.107. The summed E-state index contributed by atoms with van der Waals surface area (Å²) in [5.41, 5.74) is 0.713. The molecule has 5 aliphatic carbocycles. The zero-order chi connectivity index (χ0) is 53.8. The lowest BCUT2D eigenvalue weighted by molar-refractivity contribution is -0.380. The fourth-order valence-corrected chi connectivity index (χ4v) is 16.5. The van der Waals surface area contributed by atoms with Crippen LogP contribution in [0.4, 0.5) is 0 Å². The van der Waals surface area contributed by atoms with Crippen LogP contribution in [0.1, 0.15) is 113 Å². The van der Waals surface area contributed by atoms with Crippen molar-refractivity contribution >= 4 is 11.9 Å². The molecule has 74 heavy (non-hydrogen) atoms. The van der Waals surface area contributed by atoms with Gasteiger partial charge in [-0.25, -0.2) is 4.79 Å². The van der Waals surface area contributed by atoms with E-state index >= 15 is 0 Å². The van der Waals surface area contributed by atoms with Crippen LogP contribution in [-0.2, 0) is 42.7 Å². The van der Waals surface area contributed by atoms with Gasteiger partial charge in [0.05, 0.1) is 25.9 Å². The number of rotatable bonds is 14. The van der Waals surface area contributed by atoms with E-state index < -0.39 is 135 Å². The topological polar surface area (TPSA) is 313 Å². The predicted octanol–water partition coefficient (Wildman–Crippen LogP) is 0.464. The average Bonchev–Trinajstić information content (AvgIpc) is 3.87. The molecule has 4 saturated heterocycles. The number of cyclic esters (lactones) is 1. The van der Waals surface area contributed by atoms with E-state index in [4.69, 9.17) is 33.2 Å². The molecule has 9 rings (SSSR count). The second-order valence-electron chi connectivity index (χ2n) is 25.0. The van der Waals surface area contributed by atoms with Gasteiger partial charge in [-0.05, 0) is 122 Å². The first-order valence-electron chi connectivity index (χ1n) is 27.2. The molecule has 0 aromatic carbocycles. The summed E-state index contributed by atoms with van der Waals surface area (Å²) in [6.07, 6.45) is -9.49. The second-order valence-corrected chi connectivity index (χ2v) is 25.0. The fraction of sp³-hybridized carbons (Fsp3) is 0.889. The largest absolute Gasteiger partial charge is 0.461 e.